The largest absolute Gasteiger partial charge is 0.497 e. The molecule has 2 heteroatoms. The van der Waals surface area contributed by atoms with Gasteiger partial charge in [-0.15, -0.1) is 0 Å². The molecule has 0 heterocycles. The Morgan fingerprint density at radius 3 is 2.86 bits per heavy atom. The van der Waals surface area contributed by atoms with Crippen LogP contribution in [0.1, 0.15) is 47.7 Å². The van der Waals surface area contributed by atoms with Crippen molar-refractivity contribution in [3.8, 4) is 5.75 Å². The number of aryl methyl sites for hydroxylation is 2. The summed E-state index contributed by atoms with van der Waals surface area (Å²) < 4.78 is 5.32. The summed E-state index contributed by atoms with van der Waals surface area (Å²) in [5, 5.41) is 3.77. The lowest BCUT2D eigenvalue weighted by atomic mass is 10.0. The maximum Gasteiger partial charge on any atom is 0.119 e. The monoisotopic (exact) mass is 281 g/mol. The fourth-order valence-corrected chi connectivity index (χ4v) is 3.20. The van der Waals surface area contributed by atoms with Crippen LogP contribution in [0, 0.1) is 6.92 Å². The topological polar surface area (TPSA) is 21.3 Å². The Hall–Kier alpha value is -1.80. The van der Waals surface area contributed by atoms with Crippen molar-refractivity contribution in [3.05, 3.63) is 64.7 Å². The molecule has 0 saturated carbocycles. The van der Waals surface area contributed by atoms with Crippen LogP contribution in [0.25, 0.3) is 0 Å². The van der Waals surface area contributed by atoms with Gasteiger partial charge in [0.15, 0.2) is 0 Å². The van der Waals surface area contributed by atoms with Crippen LogP contribution in [0.4, 0.5) is 0 Å². The van der Waals surface area contributed by atoms with Crippen molar-refractivity contribution in [2.45, 2.75) is 38.8 Å². The fraction of sp³-hybridized carbons (Fsp3) is 0.368. The van der Waals surface area contributed by atoms with E-state index in [0.29, 0.717) is 12.1 Å². The summed E-state index contributed by atoms with van der Waals surface area (Å²) >= 11 is 0. The highest BCUT2D eigenvalue weighted by Crippen LogP contribution is 2.34. The van der Waals surface area contributed by atoms with Gasteiger partial charge in [0.05, 0.1) is 7.11 Å². The molecule has 1 aliphatic carbocycles. The van der Waals surface area contributed by atoms with Crippen LogP contribution in [0.15, 0.2) is 42.5 Å². The van der Waals surface area contributed by atoms with Gasteiger partial charge in [0.25, 0.3) is 0 Å². The standard InChI is InChI=1S/C19H23NO/c1-13-7-8-15-9-10-19(18(15)11-13)20-14(2)16-5-4-6-17(12-16)21-3/h4-8,11-12,14,19-20H,9-10H2,1-3H3/t14-,19?/m0/s1. The van der Waals surface area contributed by atoms with Gasteiger partial charge in [0.1, 0.15) is 5.75 Å². The van der Waals surface area contributed by atoms with Crippen LogP contribution >= 0.6 is 0 Å². The van der Waals surface area contributed by atoms with Gasteiger partial charge < -0.3 is 10.1 Å². The van der Waals surface area contributed by atoms with E-state index < -0.39 is 0 Å². The predicted octanol–water partition coefficient (Wildman–Crippen LogP) is 4.34. The minimum atomic E-state index is 0.316. The summed E-state index contributed by atoms with van der Waals surface area (Å²) in [6.07, 6.45) is 2.37. The Morgan fingerprint density at radius 2 is 2.05 bits per heavy atom. The first kappa shape index (κ1) is 14.2. The summed E-state index contributed by atoms with van der Waals surface area (Å²) in [5.74, 6) is 0.920. The molecule has 3 rings (SSSR count). The SMILES string of the molecule is COc1cccc([C@H](C)NC2CCc3ccc(C)cc32)c1. The minimum absolute atomic E-state index is 0.316. The molecule has 0 fully saturated rings. The van der Waals surface area contributed by atoms with Gasteiger partial charge in [-0.2, -0.15) is 0 Å². The Balaban J connectivity index is 1.77. The number of nitrogens with one attached hydrogen (secondary N) is 1. The zero-order valence-electron chi connectivity index (χ0n) is 13.0. The second-order valence-corrected chi connectivity index (χ2v) is 5.96. The number of fused-ring (bicyclic) bond motifs is 1. The van der Waals surface area contributed by atoms with Crippen molar-refractivity contribution in [3.63, 3.8) is 0 Å². The van der Waals surface area contributed by atoms with E-state index in [-0.39, 0.29) is 0 Å². The van der Waals surface area contributed by atoms with E-state index in [1.807, 2.05) is 6.07 Å². The van der Waals surface area contributed by atoms with E-state index >= 15 is 0 Å². The fourth-order valence-electron chi connectivity index (χ4n) is 3.20. The molecule has 1 unspecified atom stereocenters. The quantitative estimate of drug-likeness (QED) is 0.900. The van der Waals surface area contributed by atoms with E-state index in [1.165, 1.54) is 35.1 Å². The molecule has 0 saturated heterocycles. The van der Waals surface area contributed by atoms with Crippen LogP contribution in [-0.2, 0) is 6.42 Å². The smallest absolute Gasteiger partial charge is 0.119 e. The van der Waals surface area contributed by atoms with Crippen molar-refractivity contribution in [2.75, 3.05) is 7.11 Å². The average Bonchev–Trinajstić information content (AvgIpc) is 2.89. The first-order chi connectivity index (χ1) is 10.2. The van der Waals surface area contributed by atoms with Gasteiger partial charge in [0.2, 0.25) is 0 Å². The van der Waals surface area contributed by atoms with Crippen LogP contribution in [-0.4, -0.2) is 7.11 Å². The highest BCUT2D eigenvalue weighted by atomic mass is 16.5. The molecule has 1 N–H and O–H groups in total. The summed E-state index contributed by atoms with van der Waals surface area (Å²) in [7, 11) is 1.72. The Kier molecular flexibility index (Phi) is 3.98. The highest BCUT2D eigenvalue weighted by Gasteiger charge is 2.23. The van der Waals surface area contributed by atoms with Gasteiger partial charge >= 0.3 is 0 Å². The van der Waals surface area contributed by atoms with Crippen LogP contribution in [0.2, 0.25) is 0 Å². The molecule has 0 aromatic heterocycles. The van der Waals surface area contributed by atoms with Crippen LogP contribution in [0.5, 0.6) is 5.75 Å². The van der Waals surface area contributed by atoms with Crippen molar-refractivity contribution in [1.29, 1.82) is 0 Å². The third-order valence-corrected chi connectivity index (χ3v) is 4.42. The second-order valence-electron chi connectivity index (χ2n) is 5.96. The average molecular weight is 281 g/mol. The molecule has 0 amide bonds. The number of hydrogen-bond donors (Lipinski definition) is 1. The Bertz CT molecular complexity index is 635. The van der Waals surface area contributed by atoms with E-state index in [9.17, 15) is 0 Å². The van der Waals surface area contributed by atoms with Crippen LogP contribution in [0.3, 0.4) is 0 Å². The lowest BCUT2D eigenvalue weighted by molar-refractivity contribution is 0.411. The van der Waals surface area contributed by atoms with Crippen molar-refractivity contribution in [1.82, 2.24) is 5.32 Å². The van der Waals surface area contributed by atoms with Gasteiger partial charge in [-0.25, -0.2) is 0 Å². The molecule has 0 bridgehead atoms. The number of hydrogen-bond acceptors (Lipinski definition) is 2. The van der Waals surface area contributed by atoms with Crippen LogP contribution < -0.4 is 10.1 Å². The van der Waals surface area contributed by atoms with Gasteiger partial charge in [-0.05, 0) is 55.5 Å². The lowest BCUT2D eigenvalue weighted by Gasteiger charge is -2.21. The first-order valence-corrected chi connectivity index (χ1v) is 7.67. The third-order valence-electron chi connectivity index (χ3n) is 4.42. The van der Waals surface area contributed by atoms with Crippen molar-refractivity contribution in [2.24, 2.45) is 0 Å². The maximum atomic E-state index is 5.32. The van der Waals surface area contributed by atoms with Gasteiger partial charge in [-0.1, -0.05) is 35.9 Å². The molecular formula is C19H23NO. The van der Waals surface area contributed by atoms with Crippen molar-refractivity contribution < 1.29 is 4.74 Å². The zero-order valence-corrected chi connectivity index (χ0v) is 13.0. The van der Waals surface area contributed by atoms with E-state index in [2.05, 4.69) is 55.6 Å². The second kappa shape index (κ2) is 5.90. The first-order valence-electron chi connectivity index (χ1n) is 7.67. The zero-order chi connectivity index (χ0) is 14.8. The summed E-state index contributed by atoms with van der Waals surface area (Å²) in [6, 6.07) is 15.9. The molecule has 0 radical (unpaired) electrons. The molecule has 2 aromatic carbocycles. The van der Waals surface area contributed by atoms with E-state index in [4.69, 9.17) is 4.74 Å². The molecule has 1 aliphatic rings. The molecule has 110 valence electrons. The third kappa shape index (κ3) is 2.96. The number of methoxy groups -OCH3 is 1. The predicted molar refractivity (Wildman–Crippen MR) is 86.8 cm³/mol. The molecular weight excluding hydrogens is 258 g/mol. The molecule has 21 heavy (non-hydrogen) atoms. The normalized spacial score (nSPS) is 18.3. The Morgan fingerprint density at radius 1 is 1.19 bits per heavy atom. The molecule has 0 aliphatic heterocycles. The minimum Gasteiger partial charge on any atom is -0.497 e. The van der Waals surface area contributed by atoms with Gasteiger partial charge in [-0.3, -0.25) is 0 Å². The number of ether oxygens (including phenoxy) is 1. The van der Waals surface area contributed by atoms with Gasteiger partial charge in [0, 0.05) is 12.1 Å². The number of rotatable bonds is 4. The van der Waals surface area contributed by atoms with E-state index in [0.717, 1.165) is 5.75 Å². The number of benzene rings is 2. The summed E-state index contributed by atoms with van der Waals surface area (Å²) in [4.78, 5) is 0. The lowest BCUT2D eigenvalue weighted by Crippen LogP contribution is -2.23. The molecule has 0 spiro atoms. The molecule has 2 atom stereocenters. The molecule has 2 nitrogen and oxygen atoms in total. The summed E-state index contributed by atoms with van der Waals surface area (Å²) in [6.45, 7) is 4.39. The van der Waals surface area contributed by atoms with E-state index in [1.54, 1.807) is 7.11 Å². The Labute approximate surface area is 127 Å². The highest BCUT2D eigenvalue weighted by molar-refractivity contribution is 5.38. The maximum absolute atomic E-state index is 5.32. The molecule has 2 aromatic rings. The summed E-state index contributed by atoms with van der Waals surface area (Å²) in [5.41, 5.74) is 5.59. The van der Waals surface area contributed by atoms with Crippen molar-refractivity contribution >= 4 is 0 Å².